The Morgan fingerprint density at radius 2 is 1.87 bits per heavy atom. The number of hydrogen-bond acceptors (Lipinski definition) is 4. The zero-order chi connectivity index (χ0) is 21.8. The standard InChI is InChI=1S/C24H27N3O4/c1-25-13-3-5-20(25)15-26(16-22-6-4-14-31-22)23(28)17-27(19-9-10-19)24(29)18-7-11-21(30-2)12-8-18/h3-8,11-14,19H,9-10,15-17H2,1-2H3. The number of amides is 2. The van der Waals surface area contributed by atoms with Crippen LogP contribution in [-0.4, -0.2) is 45.9 Å². The second-order valence-corrected chi connectivity index (χ2v) is 7.83. The van der Waals surface area contributed by atoms with Gasteiger partial charge in [0.1, 0.15) is 18.1 Å². The van der Waals surface area contributed by atoms with Crippen LogP contribution >= 0.6 is 0 Å². The second-order valence-electron chi connectivity index (χ2n) is 7.83. The second kappa shape index (κ2) is 9.12. The number of furan rings is 1. The van der Waals surface area contributed by atoms with E-state index in [1.54, 1.807) is 47.4 Å². The van der Waals surface area contributed by atoms with Crippen LogP contribution in [0.3, 0.4) is 0 Å². The minimum Gasteiger partial charge on any atom is -0.497 e. The van der Waals surface area contributed by atoms with Gasteiger partial charge in [-0.15, -0.1) is 0 Å². The highest BCUT2D eigenvalue weighted by molar-refractivity contribution is 5.97. The van der Waals surface area contributed by atoms with E-state index < -0.39 is 0 Å². The average Bonchev–Trinajstić information content (AvgIpc) is 3.35. The number of carbonyl (C=O) groups excluding carboxylic acids is 2. The molecule has 0 atom stereocenters. The van der Waals surface area contributed by atoms with Gasteiger partial charge in [-0.3, -0.25) is 9.59 Å². The topological polar surface area (TPSA) is 67.9 Å². The van der Waals surface area contributed by atoms with Crippen molar-refractivity contribution < 1.29 is 18.7 Å². The molecule has 0 spiro atoms. The maximum absolute atomic E-state index is 13.3. The van der Waals surface area contributed by atoms with Crippen LogP contribution in [-0.2, 0) is 24.9 Å². The first-order valence-corrected chi connectivity index (χ1v) is 10.4. The van der Waals surface area contributed by atoms with E-state index in [0.29, 0.717) is 30.2 Å². The van der Waals surface area contributed by atoms with Gasteiger partial charge in [0.15, 0.2) is 0 Å². The maximum atomic E-state index is 13.3. The number of methoxy groups -OCH3 is 1. The van der Waals surface area contributed by atoms with Crippen molar-refractivity contribution in [1.29, 1.82) is 0 Å². The lowest BCUT2D eigenvalue weighted by atomic mass is 10.2. The Hall–Kier alpha value is -3.48. The number of hydrogen-bond donors (Lipinski definition) is 0. The highest BCUT2D eigenvalue weighted by atomic mass is 16.5. The Labute approximate surface area is 181 Å². The zero-order valence-electron chi connectivity index (χ0n) is 17.9. The van der Waals surface area contributed by atoms with Crippen molar-refractivity contribution in [2.75, 3.05) is 13.7 Å². The van der Waals surface area contributed by atoms with Gasteiger partial charge in [-0.25, -0.2) is 0 Å². The molecule has 0 N–H and O–H groups in total. The molecule has 7 nitrogen and oxygen atoms in total. The summed E-state index contributed by atoms with van der Waals surface area (Å²) in [5.41, 5.74) is 1.57. The minimum atomic E-state index is -0.129. The van der Waals surface area contributed by atoms with Crippen molar-refractivity contribution in [3.63, 3.8) is 0 Å². The van der Waals surface area contributed by atoms with Gasteiger partial charge in [0.25, 0.3) is 5.91 Å². The molecule has 4 rings (SSSR count). The van der Waals surface area contributed by atoms with Gasteiger partial charge in [0.05, 0.1) is 26.5 Å². The fourth-order valence-electron chi connectivity index (χ4n) is 3.58. The van der Waals surface area contributed by atoms with Crippen LogP contribution < -0.4 is 4.74 Å². The van der Waals surface area contributed by atoms with Crippen LogP contribution in [0.4, 0.5) is 0 Å². The molecule has 0 aliphatic heterocycles. The van der Waals surface area contributed by atoms with Crippen molar-refractivity contribution in [2.24, 2.45) is 7.05 Å². The number of nitrogens with zero attached hydrogens (tertiary/aromatic N) is 3. The molecule has 31 heavy (non-hydrogen) atoms. The van der Waals surface area contributed by atoms with Crippen molar-refractivity contribution in [1.82, 2.24) is 14.4 Å². The summed E-state index contributed by atoms with van der Waals surface area (Å²) in [6, 6.07) is 14.7. The number of ether oxygens (including phenoxy) is 1. The zero-order valence-corrected chi connectivity index (χ0v) is 17.9. The van der Waals surface area contributed by atoms with E-state index in [2.05, 4.69) is 0 Å². The Balaban J connectivity index is 1.51. The largest absolute Gasteiger partial charge is 0.497 e. The lowest BCUT2D eigenvalue weighted by Crippen LogP contribution is -2.43. The third kappa shape index (κ3) is 4.99. The van der Waals surface area contributed by atoms with Gasteiger partial charge in [0, 0.05) is 30.5 Å². The summed E-state index contributed by atoms with van der Waals surface area (Å²) in [6.07, 6.45) is 5.40. The summed E-state index contributed by atoms with van der Waals surface area (Å²) < 4.78 is 12.6. The lowest BCUT2D eigenvalue weighted by Gasteiger charge is -2.27. The number of rotatable bonds is 9. The molecular weight excluding hydrogens is 394 g/mol. The van der Waals surface area contributed by atoms with E-state index in [0.717, 1.165) is 18.5 Å². The molecule has 0 unspecified atom stereocenters. The first kappa shape index (κ1) is 20.8. The number of benzene rings is 1. The van der Waals surface area contributed by atoms with E-state index in [9.17, 15) is 9.59 Å². The summed E-state index contributed by atoms with van der Waals surface area (Å²) in [5, 5.41) is 0. The Bertz CT molecular complexity index is 1020. The predicted molar refractivity (Wildman–Crippen MR) is 115 cm³/mol. The average molecular weight is 421 g/mol. The van der Waals surface area contributed by atoms with Crippen molar-refractivity contribution in [3.8, 4) is 5.75 Å². The molecule has 2 amide bonds. The van der Waals surface area contributed by atoms with Crippen molar-refractivity contribution >= 4 is 11.8 Å². The number of carbonyl (C=O) groups is 2. The molecule has 0 bridgehead atoms. The van der Waals surface area contributed by atoms with Crippen LogP contribution in [0, 0.1) is 0 Å². The molecule has 0 saturated heterocycles. The Morgan fingerprint density at radius 1 is 1.10 bits per heavy atom. The van der Waals surface area contributed by atoms with E-state index in [-0.39, 0.29) is 24.4 Å². The van der Waals surface area contributed by atoms with Crippen molar-refractivity contribution in [2.45, 2.75) is 32.0 Å². The van der Waals surface area contributed by atoms with E-state index in [1.165, 1.54) is 0 Å². The molecule has 1 saturated carbocycles. The fourth-order valence-corrected chi connectivity index (χ4v) is 3.58. The molecule has 1 aromatic carbocycles. The summed E-state index contributed by atoms with van der Waals surface area (Å²) in [4.78, 5) is 30.0. The molecule has 3 aromatic rings. The molecule has 2 heterocycles. The molecule has 162 valence electrons. The molecule has 7 heteroatoms. The SMILES string of the molecule is COc1ccc(C(=O)N(CC(=O)N(Cc2ccco2)Cc2cccn2C)C2CC2)cc1. The van der Waals surface area contributed by atoms with Gasteiger partial charge < -0.3 is 23.5 Å². The summed E-state index contributed by atoms with van der Waals surface area (Å²) in [6.45, 7) is 0.838. The van der Waals surface area contributed by atoms with Crippen LogP contribution in [0.1, 0.15) is 34.7 Å². The van der Waals surface area contributed by atoms with Crippen molar-refractivity contribution in [3.05, 3.63) is 78.0 Å². The maximum Gasteiger partial charge on any atom is 0.254 e. The third-order valence-electron chi connectivity index (χ3n) is 5.57. The molecule has 1 fully saturated rings. The first-order chi connectivity index (χ1) is 15.0. The van der Waals surface area contributed by atoms with Crippen LogP contribution in [0.2, 0.25) is 0 Å². The summed E-state index contributed by atoms with van der Waals surface area (Å²) >= 11 is 0. The monoisotopic (exact) mass is 421 g/mol. The van der Waals surface area contributed by atoms with Crippen LogP contribution in [0.25, 0.3) is 0 Å². The Kier molecular flexibility index (Phi) is 6.11. The van der Waals surface area contributed by atoms with Gasteiger partial charge >= 0.3 is 0 Å². The van der Waals surface area contributed by atoms with E-state index in [4.69, 9.17) is 9.15 Å². The quantitative estimate of drug-likeness (QED) is 0.531. The molecule has 2 aromatic heterocycles. The normalized spacial score (nSPS) is 13.1. The number of aryl methyl sites for hydroxylation is 1. The highest BCUT2D eigenvalue weighted by Crippen LogP contribution is 2.29. The molecule has 1 aliphatic rings. The summed E-state index contributed by atoms with van der Waals surface area (Å²) in [5.74, 6) is 1.17. The minimum absolute atomic E-state index is 0.0423. The van der Waals surface area contributed by atoms with E-state index in [1.807, 2.05) is 42.1 Å². The van der Waals surface area contributed by atoms with E-state index >= 15 is 0 Å². The van der Waals surface area contributed by atoms with Gasteiger partial charge in [-0.1, -0.05) is 0 Å². The predicted octanol–water partition coefficient (Wildman–Crippen LogP) is 3.46. The Morgan fingerprint density at radius 3 is 2.45 bits per heavy atom. The molecular formula is C24H27N3O4. The third-order valence-corrected chi connectivity index (χ3v) is 5.57. The fraction of sp³-hybridized carbons (Fsp3) is 0.333. The van der Waals surface area contributed by atoms with Gasteiger partial charge in [-0.05, 0) is 61.4 Å². The van der Waals surface area contributed by atoms with Crippen LogP contribution in [0.5, 0.6) is 5.75 Å². The molecule has 0 radical (unpaired) electrons. The highest BCUT2D eigenvalue weighted by Gasteiger charge is 2.35. The smallest absolute Gasteiger partial charge is 0.254 e. The lowest BCUT2D eigenvalue weighted by molar-refractivity contribution is -0.133. The van der Waals surface area contributed by atoms with Crippen LogP contribution in [0.15, 0.2) is 65.4 Å². The van der Waals surface area contributed by atoms with Gasteiger partial charge in [0.2, 0.25) is 5.91 Å². The molecule has 1 aliphatic carbocycles. The number of aromatic nitrogens is 1. The first-order valence-electron chi connectivity index (χ1n) is 10.4. The summed E-state index contributed by atoms with van der Waals surface area (Å²) in [7, 11) is 3.54. The van der Waals surface area contributed by atoms with Gasteiger partial charge in [-0.2, -0.15) is 0 Å².